The fraction of sp³-hybridized carbons (Fsp3) is 0.778. The third-order valence-corrected chi connectivity index (χ3v) is 8.43. The lowest BCUT2D eigenvalue weighted by atomic mass is 9.63. The van der Waals surface area contributed by atoms with Gasteiger partial charge in [0.25, 0.3) is 0 Å². The van der Waals surface area contributed by atoms with Crippen LogP contribution in [0.2, 0.25) is 0 Å². The molecule has 0 bridgehead atoms. The minimum absolute atomic E-state index is 0.0944. The van der Waals surface area contributed by atoms with Crippen molar-refractivity contribution < 1.29 is 4.39 Å². The van der Waals surface area contributed by atoms with Crippen molar-refractivity contribution in [2.45, 2.75) is 110 Å². The first kappa shape index (κ1) is 20.4. The maximum Gasteiger partial charge on any atom is 0.126 e. The Bertz CT molecular complexity index is 648. The predicted octanol–water partition coefficient (Wildman–Crippen LogP) is 8.22. The zero-order chi connectivity index (χ0) is 19.5. The maximum absolute atomic E-state index is 14.8. The second-order valence-electron chi connectivity index (χ2n) is 10.5. The molecule has 4 rings (SSSR count). The molecule has 5 atom stereocenters. The van der Waals surface area contributed by atoms with Crippen LogP contribution >= 0.6 is 0 Å². The number of unbranched alkanes of at least 4 members (excludes halogenated alkanes) is 3. The molecule has 0 saturated heterocycles. The molecule has 2 saturated carbocycles. The van der Waals surface area contributed by atoms with Gasteiger partial charge in [0.2, 0.25) is 0 Å². The van der Waals surface area contributed by atoms with Crippen molar-refractivity contribution in [3.63, 3.8) is 0 Å². The van der Waals surface area contributed by atoms with Crippen LogP contribution in [0.25, 0.3) is 0 Å². The molecule has 0 N–H and O–H groups in total. The summed E-state index contributed by atoms with van der Waals surface area (Å²) < 4.78 is 14.8. The molecule has 156 valence electrons. The largest absolute Gasteiger partial charge is 0.207 e. The number of halogens is 1. The molecule has 3 aliphatic rings. The molecule has 1 aromatic rings. The summed E-state index contributed by atoms with van der Waals surface area (Å²) >= 11 is 0. The van der Waals surface area contributed by atoms with Gasteiger partial charge in [-0.25, -0.2) is 4.39 Å². The molecule has 0 nitrogen and oxygen atoms in total. The third-order valence-electron chi connectivity index (χ3n) is 8.43. The lowest BCUT2D eigenvalue weighted by Crippen LogP contribution is -2.30. The van der Waals surface area contributed by atoms with Gasteiger partial charge >= 0.3 is 0 Å². The summed E-state index contributed by atoms with van der Waals surface area (Å²) in [6, 6.07) is 4.32. The molecule has 2 fully saturated rings. The highest BCUT2D eigenvalue weighted by molar-refractivity contribution is 5.37. The first-order valence-electron chi connectivity index (χ1n) is 12.4. The van der Waals surface area contributed by atoms with Gasteiger partial charge in [-0.1, -0.05) is 58.4 Å². The van der Waals surface area contributed by atoms with E-state index in [-0.39, 0.29) is 5.82 Å². The lowest BCUT2D eigenvalue weighted by Gasteiger charge is -2.42. The second-order valence-corrected chi connectivity index (χ2v) is 10.5. The van der Waals surface area contributed by atoms with Crippen molar-refractivity contribution in [2.24, 2.45) is 23.7 Å². The van der Waals surface area contributed by atoms with Gasteiger partial charge in [-0.3, -0.25) is 0 Å². The molecule has 0 aliphatic heterocycles. The van der Waals surface area contributed by atoms with Crippen LogP contribution in [-0.4, -0.2) is 0 Å². The van der Waals surface area contributed by atoms with Crippen LogP contribution in [0.4, 0.5) is 4.39 Å². The number of aryl methyl sites for hydroxylation is 1. The van der Waals surface area contributed by atoms with Gasteiger partial charge in [0.1, 0.15) is 5.82 Å². The molecule has 0 radical (unpaired) electrons. The van der Waals surface area contributed by atoms with E-state index in [0.29, 0.717) is 11.8 Å². The molecule has 0 aromatic heterocycles. The number of rotatable bonds is 6. The van der Waals surface area contributed by atoms with Crippen LogP contribution in [0.1, 0.15) is 114 Å². The Hall–Kier alpha value is -0.850. The fourth-order valence-corrected chi connectivity index (χ4v) is 6.67. The SMILES string of the molecule is CCCCCCC1CCC2CC(c3cc(F)c4c(c3)CCC(C)C4)CCC2C1. The predicted molar refractivity (Wildman–Crippen MR) is 117 cm³/mol. The second kappa shape index (κ2) is 9.31. The van der Waals surface area contributed by atoms with Gasteiger partial charge in [-0.2, -0.15) is 0 Å². The van der Waals surface area contributed by atoms with Crippen molar-refractivity contribution in [2.75, 3.05) is 0 Å². The van der Waals surface area contributed by atoms with Crippen LogP contribution in [-0.2, 0) is 12.8 Å². The lowest BCUT2D eigenvalue weighted by molar-refractivity contribution is 0.113. The Balaban J connectivity index is 1.35. The Morgan fingerprint density at radius 3 is 2.61 bits per heavy atom. The molecule has 0 amide bonds. The maximum atomic E-state index is 14.8. The van der Waals surface area contributed by atoms with E-state index in [0.717, 1.165) is 36.2 Å². The zero-order valence-corrected chi connectivity index (χ0v) is 18.3. The number of fused-ring (bicyclic) bond motifs is 2. The minimum atomic E-state index is 0.0944. The van der Waals surface area contributed by atoms with Gasteiger partial charge in [0, 0.05) is 0 Å². The number of benzene rings is 1. The minimum Gasteiger partial charge on any atom is -0.207 e. The fourth-order valence-electron chi connectivity index (χ4n) is 6.67. The van der Waals surface area contributed by atoms with E-state index in [1.165, 1.54) is 88.2 Å². The molecule has 3 aliphatic carbocycles. The van der Waals surface area contributed by atoms with Crippen LogP contribution in [0.3, 0.4) is 0 Å². The van der Waals surface area contributed by atoms with E-state index in [9.17, 15) is 4.39 Å². The highest BCUT2D eigenvalue weighted by Crippen LogP contribution is 2.49. The summed E-state index contributed by atoms with van der Waals surface area (Å²) in [6.07, 6.45) is 18.7. The van der Waals surface area contributed by atoms with Crippen LogP contribution in [0, 0.1) is 29.5 Å². The van der Waals surface area contributed by atoms with Gasteiger partial charge < -0.3 is 0 Å². The standard InChI is InChI=1S/C27H41F/c1-3-4-5-6-7-20-9-11-22-16-23(13-12-21(22)15-20)25-17-24-10-8-19(2)14-26(24)27(28)18-25/h17-23H,3-16H2,1-2H3. The average Bonchev–Trinajstić information content (AvgIpc) is 2.71. The molecular formula is C27H41F. The van der Waals surface area contributed by atoms with Gasteiger partial charge in [0.15, 0.2) is 0 Å². The van der Waals surface area contributed by atoms with Crippen LogP contribution < -0.4 is 0 Å². The zero-order valence-electron chi connectivity index (χ0n) is 18.3. The van der Waals surface area contributed by atoms with Gasteiger partial charge in [0.05, 0.1) is 0 Å². The first-order chi connectivity index (χ1) is 13.6. The molecular weight excluding hydrogens is 343 g/mol. The van der Waals surface area contributed by atoms with Crippen molar-refractivity contribution in [1.82, 2.24) is 0 Å². The normalized spacial score (nSPS) is 32.6. The highest BCUT2D eigenvalue weighted by atomic mass is 19.1. The first-order valence-corrected chi connectivity index (χ1v) is 12.4. The van der Waals surface area contributed by atoms with E-state index in [1.54, 1.807) is 0 Å². The monoisotopic (exact) mass is 384 g/mol. The molecule has 5 unspecified atom stereocenters. The van der Waals surface area contributed by atoms with Crippen LogP contribution in [0.15, 0.2) is 12.1 Å². The van der Waals surface area contributed by atoms with E-state index in [2.05, 4.69) is 19.9 Å². The van der Waals surface area contributed by atoms with Crippen molar-refractivity contribution >= 4 is 0 Å². The Morgan fingerprint density at radius 1 is 0.929 bits per heavy atom. The molecule has 1 aromatic carbocycles. The highest BCUT2D eigenvalue weighted by Gasteiger charge is 2.36. The summed E-state index contributed by atoms with van der Waals surface area (Å²) in [7, 11) is 0. The van der Waals surface area contributed by atoms with E-state index < -0.39 is 0 Å². The molecule has 1 heteroatoms. The van der Waals surface area contributed by atoms with Crippen molar-refractivity contribution in [3.05, 3.63) is 34.6 Å². The summed E-state index contributed by atoms with van der Waals surface area (Å²) in [5.41, 5.74) is 3.68. The summed E-state index contributed by atoms with van der Waals surface area (Å²) in [6.45, 7) is 4.57. The smallest absolute Gasteiger partial charge is 0.126 e. The quantitative estimate of drug-likeness (QED) is 0.433. The Kier molecular flexibility index (Phi) is 6.79. The van der Waals surface area contributed by atoms with E-state index in [4.69, 9.17) is 0 Å². The van der Waals surface area contributed by atoms with E-state index >= 15 is 0 Å². The van der Waals surface area contributed by atoms with Crippen molar-refractivity contribution in [1.29, 1.82) is 0 Å². The molecule has 0 spiro atoms. The number of hydrogen-bond acceptors (Lipinski definition) is 0. The summed E-state index contributed by atoms with van der Waals surface area (Å²) in [5.74, 6) is 4.21. The summed E-state index contributed by atoms with van der Waals surface area (Å²) in [4.78, 5) is 0. The molecule has 28 heavy (non-hydrogen) atoms. The molecule has 0 heterocycles. The Morgan fingerprint density at radius 2 is 1.75 bits per heavy atom. The van der Waals surface area contributed by atoms with Gasteiger partial charge in [-0.15, -0.1) is 0 Å². The van der Waals surface area contributed by atoms with Crippen molar-refractivity contribution in [3.8, 4) is 0 Å². The Labute approximate surface area is 172 Å². The third kappa shape index (κ3) is 4.65. The van der Waals surface area contributed by atoms with Gasteiger partial charge in [-0.05, 0) is 104 Å². The topological polar surface area (TPSA) is 0 Å². The average molecular weight is 385 g/mol. The summed E-state index contributed by atoms with van der Waals surface area (Å²) in [5, 5.41) is 0. The number of hydrogen-bond donors (Lipinski definition) is 0. The van der Waals surface area contributed by atoms with Crippen LogP contribution in [0.5, 0.6) is 0 Å². The van der Waals surface area contributed by atoms with E-state index in [1.807, 2.05) is 6.07 Å².